The summed E-state index contributed by atoms with van der Waals surface area (Å²) < 4.78 is 40.9. The number of fused-ring (bicyclic) bond motifs is 2. The highest BCUT2D eigenvalue weighted by Gasteiger charge is 2.65. The number of carbonyl (C=O) groups excluding carboxylic acids is 1. The summed E-state index contributed by atoms with van der Waals surface area (Å²) in [6.07, 6.45) is 11.3. The minimum absolute atomic E-state index is 0.0504. The van der Waals surface area contributed by atoms with Gasteiger partial charge in [-0.2, -0.15) is 0 Å². The van der Waals surface area contributed by atoms with E-state index in [-0.39, 0.29) is 56.6 Å². The molecule has 0 aromatic heterocycles. The third kappa shape index (κ3) is 9.62. The molecule has 3 aliphatic rings. The number of amides is 1. The summed E-state index contributed by atoms with van der Waals surface area (Å²) in [6, 6.07) is 11.6. The van der Waals surface area contributed by atoms with E-state index in [1.165, 1.54) is 6.07 Å². The summed E-state index contributed by atoms with van der Waals surface area (Å²) in [4.78, 5) is 21.6. The van der Waals surface area contributed by atoms with Crippen molar-refractivity contribution in [3.8, 4) is 11.5 Å². The van der Waals surface area contributed by atoms with Crippen LogP contribution in [0, 0.1) is 23.6 Å². The van der Waals surface area contributed by atoms with Crippen LogP contribution in [0.4, 0.5) is 9.18 Å². The molecular weight excluding hydrogens is 703 g/mol. The Kier molecular flexibility index (Phi) is 15.8. The van der Waals surface area contributed by atoms with Crippen molar-refractivity contribution < 1.29 is 43.2 Å². The Morgan fingerprint density at radius 1 is 1.07 bits per heavy atom. The van der Waals surface area contributed by atoms with Crippen LogP contribution in [-0.4, -0.2) is 78.3 Å². The summed E-state index contributed by atoms with van der Waals surface area (Å²) >= 11 is 0. The van der Waals surface area contributed by atoms with Crippen molar-refractivity contribution in [2.24, 2.45) is 22.9 Å². The zero-order valence-electron chi connectivity index (χ0n) is 32.5. The lowest BCUT2D eigenvalue weighted by molar-refractivity contribution is -0.255. The molecule has 2 N–H and O–H groups in total. The predicted molar refractivity (Wildman–Crippen MR) is 210 cm³/mol. The van der Waals surface area contributed by atoms with Gasteiger partial charge in [0.1, 0.15) is 36.6 Å². The van der Waals surface area contributed by atoms with Crippen LogP contribution in [-0.2, 0) is 20.9 Å². The first-order chi connectivity index (χ1) is 26.9. The second-order valence-corrected chi connectivity index (χ2v) is 14.5. The van der Waals surface area contributed by atoms with Crippen molar-refractivity contribution in [3.05, 3.63) is 96.4 Å². The van der Waals surface area contributed by atoms with E-state index >= 15 is 0 Å². The van der Waals surface area contributed by atoms with E-state index < -0.39 is 23.8 Å². The van der Waals surface area contributed by atoms with Gasteiger partial charge in [0.05, 0.1) is 24.8 Å². The van der Waals surface area contributed by atoms with E-state index in [1.807, 2.05) is 32.0 Å². The number of oxime groups is 1. The Bertz CT molecular complexity index is 1650. The number of benzene rings is 2. The van der Waals surface area contributed by atoms with Crippen LogP contribution in [0.2, 0.25) is 0 Å². The van der Waals surface area contributed by atoms with Crippen molar-refractivity contribution >= 4 is 11.8 Å². The molecule has 1 fully saturated rings. The van der Waals surface area contributed by atoms with Crippen molar-refractivity contribution in [3.63, 3.8) is 0 Å². The fourth-order valence-electron chi connectivity index (χ4n) is 8.58. The largest absolute Gasteiger partial charge is 0.489 e. The van der Waals surface area contributed by atoms with E-state index in [9.17, 15) is 19.4 Å². The first-order valence-corrected chi connectivity index (χ1v) is 20.0. The molecule has 0 spiro atoms. The predicted octanol–water partition coefficient (Wildman–Crippen LogP) is 8.48. The summed E-state index contributed by atoms with van der Waals surface area (Å²) in [5, 5.41) is 24.4. The fourth-order valence-corrected chi connectivity index (χ4v) is 8.58. The third-order valence-corrected chi connectivity index (χ3v) is 10.9. The zero-order valence-corrected chi connectivity index (χ0v) is 32.5. The lowest BCUT2D eigenvalue weighted by Crippen LogP contribution is -2.70. The highest BCUT2D eigenvalue weighted by atomic mass is 19.1. The van der Waals surface area contributed by atoms with Gasteiger partial charge in [0.15, 0.2) is 0 Å². The number of rotatable bonds is 22. The third-order valence-electron chi connectivity index (χ3n) is 10.9. The first kappa shape index (κ1) is 42.0. The molecular formula is C44H59FN2O8. The Morgan fingerprint density at radius 2 is 1.85 bits per heavy atom. The van der Waals surface area contributed by atoms with Crippen LogP contribution in [0.25, 0.3) is 0 Å². The summed E-state index contributed by atoms with van der Waals surface area (Å²) in [5.41, 5.74) is 3.04. The number of allylic oxidation sites excluding steroid dienone is 1. The van der Waals surface area contributed by atoms with Gasteiger partial charge in [-0.05, 0) is 87.1 Å². The smallest absolute Gasteiger partial charge is 0.410 e. The minimum atomic E-state index is -1.38. The van der Waals surface area contributed by atoms with Gasteiger partial charge in [-0.3, -0.25) is 4.90 Å². The summed E-state index contributed by atoms with van der Waals surface area (Å²) in [6.45, 7) is 13.0. The lowest BCUT2D eigenvalue weighted by atomic mass is 9.55. The van der Waals surface area contributed by atoms with Crippen LogP contribution in [0.15, 0.2) is 84.6 Å². The van der Waals surface area contributed by atoms with E-state index in [0.717, 1.165) is 42.5 Å². The van der Waals surface area contributed by atoms with Crippen LogP contribution in [0.5, 0.6) is 11.5 Å². The number of nitrogens with zero attached hydrogens (tertiary/aromatic N) is 2. The topological polar surface area (TPSA) is 119 Å². The normalized spacial score (nSPS) is 24.5. The standard InChI is InChI=1S/C44H59FN2O8/c1-5-9-26-51-43(50)47(22-6-2)40-29-38(46-54-8-4)35-27-31(16-12-14-23-48)34(18-13-15-24-49)41-36-28-33(52-30-32-17-10-11-19-37(32)45)20-21-39(36)55-44(40,42(35)41)53-25-7-3/h5,7,10-11,17,19-21,27-28,31,34,40-42,48-49H,1,3,6,8-9,12-16,18,22-26,29-30H2,2,4H3/t31-,34+,40-,41+,42+,44+/m0/s1. The number of hydrogen-bond acceptors (Lipinski definition) is 9. The van der Waals surface area contributed by atoms with Gasteiger partial charge in [-0.15, -0.1) is 13.2 Å². The average molecular weight is 763 g/mol. The maximum atomic E-state index is 14.6. The highest BCUT2D eigenvalue weighted by molar-refractivity contribution is 6.03. The quantitative estimate of drug-likeness (QED) is 0.0697. The molecule has 0 bridgehead atoms. The maximum Gasteiger partial charge on any atom is 0.410 e. The van der Waals surface area contributed by atoms with E-state index in [1.54, 1.807) is 35.3 Å². The van der Waals surface area contributed by atoms with Gasteiger partial charge in [0.25, 0.3) is 0 Å². The SMILES string of the molecule is C=CCCOC(=O)N(CCC)[C@H]1CC(=NOCC)C2=C[C@H](CCCCO)[C@@H](CCCCO)[C@@H]3c4cc(OCc5ccccc5F)ccc4O[C@@]1(OCC=C)[C@H]23. The van der Waals surface area contributed by atoms with Crippen LogP contribution < -0.4 is 9.47 Å². The molecule has 11 heteroatoms. The van der Waals surface area contributed by atoms with Gasteiger partial charge in [0.2, 0.25) is 5.79 Å². The maximum absolute atomic E-state index is 14.6. The van der Waals surface area contributed by atoms with Crippen molar-refractivity contribution in [2.45, 2.75) is 96.0 Å². The molecule has 1 amide bonds. The zero-order chi connectivity index (χ0) is 39.2. The molecule has 1 saturated carbocycles. The average Bonchev–Trinajstić information content (AvgIpc) is 3.19. The van der Waals surface area contributed by atoms with Gasteiger partial charge in [-0.1, -0.05) is 61.3 Å². The second kappa shape index (κ2) is 20.6. The molecule has 1 aliphatic heterocycles. The number of ether oxygens (including phenoxy) is 4. The van der Waals surface area contributed by atoms with Gasteiger partial charge in [-0.25, -0.2) is 9.18 Å². The lowest BCUT2D eigenvalue weighted by Gasteiger charge is -2.59. The Balaban J connectivity index is 1.73. The van der Waals surface area contributed by atoms with Crippen LogP contribution >= 0.6 is 0 Å². The molecule has 0 unspecified atom stereocenters. The van der Waals surface area contributed by atoms with Gasteiger partial charge >= 0.3 is 6.09 Å². The Morgan fingerprint density at radius 3 is 2.56 bits per heavy atom. The Hall–Kier alpha value is -4.19. The number of hydrogen-bond donors (Lipinski definition) is 2. The number of carbonyl (C=O) groups is 1. The number of unbranched alkanes of at least 4 members (excludes halogenated alkanes) is 2. The monoisotopic (exact) mass is 762 g/mol. The van der Waals surface area contributed by atoms with E-state index in [4.69, 9.17) is 28.9 Å². The molecule has 2 aromatic rings. The first-order valence-electron chi connectivity index (χ1n) is 20.0. The minimum Gasteiger partial charge on any atom is -0.489 e. The number of aliphatic hydroxyl groups excluding tert-OH is 2. The molecule has 1 heterocycles. The molecule has 10 nitrogen and oxygen atoms in total. The van der Waals surface area contributed by atoms with Crippen molar-refractivity contribution in [1.82, 2.24) is 4.90 Å². The molecule has 5 rings (SSSR count). The van der Waals surface area contributed by atoms with Gasteiger partial charge < -0.3 is 34.0 Å². The van der Waals surface area contributed by atoms with Crippen molar-refractivity contribution in [2.75, 3.05) is 39.6 Å². The molecule has 2 aromatic carbocycles. The summed E-state index contributed by atoms with van der Waals surface area (Å²) in [5.74, 6) is -1.05. The Labute approximate surface area is 325 Å². The van der Waals surface area contributed by atoms with Crippen molar-refractivity contribution in [1.29, 1.82) is 0 Å². The number of halogens is 1. The molecule has 300 valence electrons. The molecule has 55 heavy (non-hydrogen) atoms. The van der Waals surface area contributed by atoms with E-state index in [0.29, 0.717) is 62.3 Å². The van der Waals surface area contributed by atoms with E-state index in [2.05, 4.69) is 19.2 Å². The molecule has 0 saturated heterocycles. The van der Waals surface area contributed by atoms with Gasteiger partial charge in [0, 0.05) is 43.2 Å². The molecule has 0 radical (unpaired) electrons. The fraction of sp³-hybridized carbons (Fsp3) is 0.545. The second-order valence-electron chi connectivity index (χ2n) is 14.5. The molecule has 2 aliphatic carbocycles. The number of aliphatic hydroxyl groups is 2. The van der Waals surface area contributed by atoms with Crippen LogP contribution in [0.3, 0.4) is 0 Å². The molecule has 6 atom stereocenters. The summed E-state index contributed by atoms with van der Waals surface area (Å²) in [7, 11) is 0. The van der Waals surface area contributed by atoms with Crippen LogP contribution in [0.1, 0.15) is 88.7 Å². The highest BCUT2D eigenvalue weighted by Crippen LogP contribution is 2.62.